The molecule has 0 heterocycles. The van der Waals surface area contributed by atoms with Gasteiger partial charge in [0.15, 0.2) is 0 Å². The molecule has 0 fully saturated rings. The molecule has 4 heteroatoms. The second kappa shape index (κ2) is 10.0. The van der Waals surface area contributed by atoms with Crippen LogP contribution in [0.15, 0.2) is 18.2 Å². The van der Waals surface area contributed by atoms with Crippen molar-refractivity contribution in [3.8, 4) is 5.75 Å². The first-order chi connectivity index (χ1) is 9.72. The van der Waals surface area contributed by atoms with Crippen LogP contribution in [0.25, 0.3) is 0 Å². The number of nitrogens with one attached hydrogen (secondary N) is 1. The molecule has 0 amide bonds. The number of benzene rings is 1. The Morgan fingerprint density at radius 2 is 1.90 bits per heavy atom. The molecule has 0 saturated carbocycles. The predicted octanol–water partition coefficient (Wildman–Crippen LogP) is 4.60. The summed E-state index contributed by atoms with van der Waals surface area (Å²) in [4.78, 5) is 0. The molecule has 20 heavy (non-hydrogen) atoms. The molecular formula is C16H27ClN2O. The van der Waals surface area contributed by atoms with Gasteiger partial charge >= 0.3 is 0 Å². The summed E-state index contributed by atoms with van der Waals surface area (Å²) >= 11 is 5.99. The summed E-state index contributed by atoms with van der Waals surface area (Å²) in [5.74, 6) is 6.49. The Kier molecular flexibility index (Phi) is 8.67. The molecule has 0 saturated heterocycles. The molecule has 0 spiro atoms. The molecule has 0 aliphatic carbocycles. The topological polar surface area (TPSA) is 47.3 Å². The molecule has 3 nitrogen and oxygen atoms in total. The molecule has 1 aromatic carbocycles. The summed E-state index contributed by atoms with van der Waals surface area (Å²) in [6, 6.07) is 5.82. The van der Waals surface area contributed by atoms with Crippen molar-refractivity contribution >= 4 is 11.6 Å². The number of unbranched alkanes of at least 4 members (excludes halogenated alkanes) is 5. The van der Waals surface area contributed by atoms with E-state index in [0.717, 1.165) is 17.7 Å². The lowest BCUT2D eigenvalue weighted by molar-refractivity contribution is 0.392. The van der Waals surface area contributed by atoms with Crippen LogP contribution in [0.4, 0.5) is 0 Å². The van der Waals surface area contributed by atoms with Crippen molar-refractivity contribution in [2.24, 2.45) is 5.84 Å². The van der Waals surface area contributed by atoms with Crippen LogP contribution < -0.4 is 16.0 Å². The molecule has 114 valence electrons. The number of ether oxygens (including phenoxy) is 1. The van der Waals surface area contributed by atoms with E-state index in [1.54, 1.807) is 7.11 Å². The van der Waals surface area contributed by atoms with Crippen molar-refractivity contribution in [1.29, 1.82) is 0 Å². The minimum absolute atomic E-state index is 0.119. The van der Waals surface area contributed by atoms with Gasteiger partial charge in [0, 0.05) is 16.6 Å². The molecule has 0 aliphatic heterocycles. The molecule has 1 atom stereocenters. The maximum absolute atomic E-state index is 5.99. The highest BCUT2D eigenvalue weighted by atomic mass is 35.5. The minimum atomic E-state index is 0.119. The van der Waals surface area contributed by atoms with Gasteiger partial charge in [0.1, 0.15) is 5.75 Å². The van der Waals surface area contributed by atoms with Crippen LogP contribution in [0, 0.1) is 0 Å². The average molecular weight is 299 g/mol. The highest BCUT2D eigenvalue weighted by Crippen LogP contribution is 2.30. The van der Waals surface area contributed by atoms with E-state index in [-0.39, 0.29) is 6.04 Å². The van der Waals surface area contributed by atoms with E-state index in [1.807, 2.05) is 18.2 Å². The molecule has 1 aromatic rings. The second-order valence-electron chi connectivity index (χ2n) is 5.16. The highest BCUT2D eigenvalue weighted by molar-refractivity contribution is 6.30. The fourth-order valence-electron chi connectivity index (χ4n) is 2.43. The third-order valence-corrected chi connectivity index (χ3v) is 3.85. The Hall–Kier alpha value is -0.770. The third-order valence-electron chi connectivity index (χ3n) is 3.62. The zero-order valence-electron chi connectivity index (χ0n) is 12.6. The van der Waals surface area contributed by atoms with Crippen LogP contribution in [-0.4, -0.2) is 7.11 Å². The standard InChI is InChI=1S/C16H27ClN2O/c1-3-4-5-6-7-8-9-15(19-18)14-11-10-13(17)12-16(14)20-2/h10-12,15,19H,3-9,18H2,1-2H3. The predicted molar refractivity (Wildman–Crippen MR) is 86.1 cm³/mol. The van der Waals surface area contributed by atoms with Crippen molar-refractivity contribution < 1.29 is 4.74 Å². The van der Waals surface area contributed by atoms with Crippen molar-refractivity contribution in [3.63, 3.8) is 0 Å². The minimum Gasteiger partial charge on any atom is -0.496 e. The van der Waals surface area contributed by atoms with Gasteiger partial charge in [0.05, 0.1) is 7.11 Å². The number of halogens is 1. The lowest BCUT2D eigenvalue weighted by Gasteiger charge is -2.19. The number of rotatable bonds is 10. The number of hydrogen-bond acceptors (Lipinski definition) is 3. The molecule has 0 aliphatic rings. The van der Waals surface area contributed by atoms with Crippen LogP contribution in [0.5, 0.6) is 5.75 Å². The van der Waals surface area contributed by atoms with Crippen LogP contribution >= 0.6 is 11.6 Å². The zero-order chi connectivity index (χ0) is 14.8. The third kappa shape index (κ3) is 5.70. The van der Waals surface area contributed by atoms with Crippen LogP contribution in [0.1, 0.15) is 63.5 Å². The van der Waals surface area contributed by atoms with E-state index in [4.69, 9.17) is 22.2 Å². The number of hydrazine groups is 1. The largest absolute Gasteiger partial charge is 0.496 e. The van der Waals surface area contributed by atoms with Crippen molar-refractivity contribution in [2.75, 3.05) is 7.11 Å². The fraction of sp³-hybridized carbons (Fsp3) is 0.625. The first-order valence-corrected chi connectivity index (χ1v) is 7.90. The maximum Gasteiger partial charge on any atom is 0.125 e. The van der Waals surface area contributed by atoms with Gasteiger partial charge in [0.25, 0.3) is 0 Å². The Bertz CT molecular complexity index is 385. The van der Waals surface area contributed by atoms with Crippen LogP contribution in [-0.2, 0) is 0 Å². The van der Waals surface area contributed by atoms with E-state index >= 15 is 0 Å². The number of hydrogen-bond donors (Lipinski definition) is 2. The molecule has 1 rings (SSSR count). The normalized spacial score (nSPS) is 12.4. The van der Waals surface area contributed by atoms with Crippen molar-refractivity contribution in [3.05, 3.63) is 28.8 Å². The Morgan fingerprint density at radius 3 is 2.55 bits per heavy atom. The first-order valence-electron chi connectivity index (χ1n) is 7.52. The molecule has 3 N–H and O–H groups in total. The van der Waals surface area contributed by atoms with E-state index in [2.05, 4.69) is 12.3 Å². The fourth-order valence-corrected chi connectivity index (χ4v) is 2.59. The van der Waals surface area contributed by atoms with Gasteiger partial charge < -0.3 is 4.74 Å². The maximum atomic E-state index is 5.99. The van der Waals surface area contributed by atoms with Gasteiger partial charge in [-0.25, -0.2) is 0 Å². The van der Waals surface area contributed by atoms with Crippen molar-refractivity contribution in [2.45, 2.75) is 57.9 Å². The average Bonchev–Trinajstić information content (AvgIpc) is 2.47. The summed E-state index contributed by atoms with van der Waals surface area (Å²) in [6.07, 6.45) is 8.71. The van der Waals surface area contributed by atoms with Crippen LogP contribution in [0.3, 0.4) is 0 Å². The summed E-state index contributed by atoms with van der Waals surface area (Å²) < 4.78 is 5.39. The molecule has 0 radical (unpaired) electrons. The van der Waals surface area contributed by atoms with Gasteiger partial charge in [-0.05, 0) is 18.6 Å². The van der Waals surface area contributed by atoms with Gasteiger partial charge in [-0.15, -0.1) is 0 Å². The Labute approximate surface area is 127 Å². The van der Waals surface area contributed by atoms with Crippen LogP contribution in [0.2, 0.25) is 5.02 Å². The smallest absolute Gasteiger partial charge is 0.125 e. The van der Waals surface area contributed by atoms with E-state index in [9.17, 15) is 0 Å². The number of methoxy groups -OCH3 is 1. The highest BCUT2D eigenvalue weighted by Gasteiger charge is 2.14. The zero-order valence-corrected chi connectivity index (χ0v) is 13.4. The second-order valence-corrected chi connectivity index (χ2v) is 5.60. The Balaban J connectivity index is 2.49. The Morgan fingerprint density at radius 1 is 1.20 bits per heavy atom. The van der Waals surface area contributed by atoms with Crippen molar-refractivity contribution in [1.82, 2.24) is 5.43 Å². The van der Waals surface area contributed by atoms with E-state index in [1.165, 1.54) is 38.5 Å². The summed E-state index contributed by atoms with van der Waals surface area (Å²) in [7, 11) is 1.66. The number of nitrogens with two attached hydrogens (primary N) is 1. The quantitative estimate of drug-likeness (QED) is 0.377. The lowest BCUT2D eigenvalue weighted by atomic mass is 9.99. The molecule has 0 bridgehead atoms. The lowest BCUT2D eigenvalue weighted by Crippen LogP contribution is -2.28. The van der Waals surface area contributed by atoms with E-state index < -0.39 is 0 Å². The summed E-state index contributed by atoms with van der Waals surface area (Å²) in [5, 5.41) is 0.681. The van der Waals surface area contributed by atoms with Gasteiger partial charge in [0.2, 0.25) is 0 Å². The summed E-state index contributed by atoms with van der Waals surface area (Å²) in [5.41, 5.74) is 3.97. The van der Waals surface area contributed by atoms with E-state index in [0.29, 0.717) is 5.02 Å². The first kappa shape index (κ1) is 17.3. The molecule has 1 unspecified atom stereocenters. The monoisotopic (exact) mass is 298 g/mol. The molecule has 0 aromatic heterocycles. The SMILES string of the molecule is CCCCCCCCC(NN)c1ccc(Cl)cc1OC. The molecular weight excluding hydrogens is 272 g/mol. The van der Waals surface area contributed by atoms with Gasteiger partial charge in [-0.2, -0.15) is 0 Å². The van der Waals surface area contributed by atoms with Gasteiger partial charge in [-0.1, -0.05) is 63.1 Å². The summed E-state index contributed by atoms with van der Waals surface area (Å²) in [6.45, 7) is 2.24. The van der Waals surface area contributed by atoms with Gasteiger partial charge in [-0.3, -0.25) is 11.3 Å².